The van der Waals surface area contributed by atoms with Crippen molar-refractivity contribution < 1.29 is 19.0 Å². The Kier molecular flexibility index (Phi) is 4.83. The number of fused-ring (bicyclic) bond motifs is 1. The third-order valence-corrected chi connectivity index (χ3v) is 7.33. The van der Waals surface area contributed by atoms with Gasteiger partial charge in [0.1, 0.15) is 12.2 Å². The number of carbonyl (C=O) groups is 1. The summed E-state index contributed by atoms with van der Waals surface area (Å²) >= 11 is 0. The highest BCUT2D eigenvalue weighted by atomic mass is 16.9. The van der Waals surface area contributed by atoms with E-state index in [9.17, 15) is 4.79 Å². The van der Waals surface area contributed by atoms with Gasteiger partial charge >= 0.3 is 5.97 Å². The lowest BCUT2D eigenvalue weighted by Gasteiger charge is -2.45. The zero-order chi connectivity index (χ0) is 21.8. The monoisotopic (exact) mass is 418 g/mol. The zero-order valence-corrected chi connectivity index (χ0v) is 18.7. The third-order valence-electron chi connectivity index (χ3n) is 7.33. The first-order valence-electron chi connectivity index (χ1n) is 11.2. The summed E-state index contributed by atoms with van der Waals surface area (Å²) in [5, 5.41) is 0. The highest BCUT2D eigenvalue weighted by Crippen LogP contribution is 2.56. The molecule has 0 radical (unpaired) electrons. The topological polar surface area (TPSA) is 44.8 Å². The number of aryl methyl sites for hydroxylation is 2. The number of allylic oxidation sites excluding steroid dienone is 1. The van der Waals surface area contributed by atoms with Crippen LogP contribution in [-0.2, 0) is 19.0 Å². The van der Waals surface area contributed by atoms with Crippen LogP contribution in [0.3, 0.4) is 0 Å². The Labute approximate surface area is 184 Å². The van der Waals surface area contributed by atoms with Crippen LogP contribution < -0.4 is 0 Å². The van der Waals surface area contributed by atoms with Crippen LogP contribution in [0.1, 0.15) is 67.6 Å². The van der Waals surface area contributed by atoms with E-state index in [0.29, 0.717) is 12.8 Å². The molecule has 2 aromatic rings. The SMILES string of the molecule is Cc1ccccc1[C@@H]1OC2(C[C@@H]3C(=CO2)C(=O)CCC3(C)C)O[C@H]1c1ccccc1C. The van der Waals surface area contributed by atoms with Crippen molar-refractivity contribution in [3.8, 4) is 0 Å². The van der Waals surface area contributed by atoms with Gasteiger partial charge in [0, 0.05) is 24.3 Å². The van der Waals surface area contributed by atoms with Crippen LogP contribution in [-0.4, -0.2) is 11.8 Å². The van der Waals surface area contributed by atoms with Crippen LogP contribution in [0, 0.1) is 25.2 Å². The molecule has 3 atom stereocenters. The van der Waals surface area contributed by atoms with Crippen molar-refractivity contribution >= 4 is 5.78 Å². The van der Waals surface area contributed by atoms with Crippen molar-refractivity contribution in [1.82, 2.24) is 0 Å². The van der Waals surface area contributed by atoms with E-state index in [1.165, 1.54) is 0 Å². The summed E-state index contributed by atoms with van der Waals surface area (Å²) < 4.78 is 19.4. The van der Waals surface area contributed by atoms with Crippen LogP contribution >= 0.6 is 0 Å². The largest absolute Gasteiger partial charge is 0.446 e. The van der Waals surface area contributed by atoms with Gasteiger partial charge in [0.05, 0.1) is 6.26 Å². The fraction of sp³-hybridized carbons (Fsp3) is 0.444. The van der Waals surface area contributed by atoms with Gasteiger partial charge in [-0.15, -0.1) is 0 Å². The molecule has 2 aliphatic heterocycles. The summed E-state index contributed by atoms with van der Waals surface area (Å²) in [5.41, 5.74) is 5.29. The molecule has 2 fully saturated rings. The number of hydrogen-bond donors (Lipinski definition) is 0. The molecule has 4 nitrogen and oxygen atoms in total. The Morgan fingerprint density at radius 1 is 0.871 bits per heavy atom. The lowest BCUT2D eigenvalue weighted by molar-refractivity contribution is -0.336. The van der Waals surface area contributed by atoms with E-state index < -0.39 is 5.97 Å². The lowest BCUT2D eigenvalue weighted by atomic mass is 9.64. The van der Waals surface area contributed by atoms with Crippen molar-refractivity contribution in [2.45, 2.75) is 65.1 Å². The van der Waals surface area contributed by atoms with Gasteiger partial charge in [0.15, 0.2) is 5.78 Å². The second-order valence-electron chi connectivity index (χ2n) is 9.83. The first kappa shape index (κ1) is 20.5. The average molecular weight is 419 g/mol. The summed E-state index contributed by atoms with van der Waals surface area (Å²) in [5.74, 6) is -0.957. The number of rotatable bonds is 2. The van der Waals surface area contributed by atoms with E-state index in [1.54, 1.807) is 6.26 Å². The maximum Gasteiger partial charge on any atom is 0.328 e. The molecule has 1 aliphatic carbocycles. The Morgan fingerprint density at radius 2 is 1.42 bits per heavy atom. The van der Waals surface area contributed by atoms with Crippen LogP contribution in [0.2, 0.25) is 0 Å². The lowest BCUT2D eigenvalue weighted by Crippen LogP contribution is -2.46. The quantitative estimate of drug-likeness (QED) is 0.591. The predicted octanol–water partition coefficient (Wildman–Crippen LogP) is 6.10. The summed E-state index contributed by atoms with van der Waals surface area (Å²) in [7, 11) is 0. The van der Waals surface area contributed by atoms with Crippen molar-refractivity contribution in [3.63, 3.8) is 0 Å². The highest BCUT2D eigenvalue weighted by molar-refractivity contribution is 5.96. The van der Waals surface area contributed by atoms with Crippen LogP contribution in [0.25, 0.3) is 0 Å². The van der Waals surface area contributed by atoms with Crippen LogP contribution in [0.15, 0.2) is 60.4 Å². The summed E-state index contributed by atoms with van der Waals surface area (Å²) in [6, 6.07) is 16.5. The Balaban J connectivity index is 1.57. The first-order valence-corrected chi connectivity index (χ1v) is 11.2. The Bertz CT molecular complexity index is 997. The normalized spacial score (nSPS) is 28.7. The summed E-state index contributed by atoms with van der Waals surface area (Å²) in [4.78, 5) is 12.6. The molecule has 0 bridgehead atoms. The van der Waals surface area contributed by atoms with E-state index in [0.717, 1.165) is 34.2 Å². The molecule has 2 heterocycles. The number of ketones is 1. The van der Waals surface area contributed by atoms with E-state index in [-0.39, 0.29) is 29.3 Å². The molecule has 1 saturated carbocycles. The Hall–Kier alpha value is -2.43. The van der Waals surface area contributed by atoms with Gasteiger partial charge in [-0.2, -0.15) is 0 Å². The maximum atomic E-state index is 12.6. The number of benzene rings is 2. The molecule has 162 valence electrons. The zero-order valence-electron chi connectivity index (χ0n) is 18.7. The van der Waals surface area contributed by atoms with Gasteiger partial charge in [-0.25, -0.2) is 0 Å². The van der Waals surface area contributed by atoms with E-state index in [4.69, 9.17) is 14.2 Å². The molecule has 0 aromatic heterocycles. The number of Topliss-reactive ketones (excluding diaryl/α,β-unsaturated/α-hetero) is 1. The number of hydrogen-bond acceptors (Lipinski definition) is 4. The molecule has 0 unspecified atom stereocenters. The smallest absolute Gasteiger partial charge is 0.328 e. The molecule has 1 spiro atoms. The Morgan fingerprint density at radius 3 is 1.97 bits per heavy atom. The van der Waals surface area contributed by atoms with Crippen molar-refractivity contribution in [2.75, 3.05) is 0 Å². The molecule has 1 saturated heterocycles. The fourth-order valence-corrected chi connectivity index (χ4v) is 5.31. The molecule has 2 aromatic carbocycles. The van der Waals surface area contributed by atoms with Gasteiger partial charge in [-0.05, 0) is 47.9 Å². The van der Waals surface area contributed by atoms with E-state index >= 15 is 0 Å². The summed E-state index contributed by atoms with van der Waals surface area (Å²) in [6.07, 6.45) is 2.99. The average Bonchev–Trinajstić information content (AvgIpc) is 3.10. The van der Waals surface area contributed by atoms with Gasteiger partial charge in [0.2, 0.25) is 0 Å². The minimum absolute atomic E-state index is 0.0118. The third kappa shape index (κ3) is 3.42. The van der Waals surface area contributed by atoms with Crippen LogP contribution in [0.5, 0.6) is 0 Å². The van der Waals surface area contributed by atoms with Crippen molar-refractivity contribution in [2.24, 2.45) is 11.3 Å². The highest BCUT2D eigenvalue weighted by Gasteiger charge is 2.57. The molecule has 0 amide bonds. The van der Waals surface area contributed by atoms with Crippen molar-refractivity contribution in [3.05, 3.63) is 82.6 Å². The minimum Gasteiger partial charge on any atom is -0.446 e. The van der Waals surface area contributed by atoms with Crippen LogP contribution in [0.4, 0.5) is 0 Å². The number of carbonyl (C=O) groups excluding carboxylic acids is 1. The number of ether oxygens (including phenoxy) is 3. The van der Waals surface area contributed by atoms with Crippen molar-refractivity contribution in [1.29, 1.82) is 0 Å². The fourth-order valence-electron chi connectivity index (χ4n) is 5.31. The molecule has 0 N–H and O–H groups in total. The molecule has 4 heteroatoms. The van der Waals surface area contributed by atoms with Gasteiger partial charge in [-0.3, -0.25) is 4.79 Å². The molecular formula is C27H30O4. The first-order chi connectivity index (χ1) is 14.8. The standard InChI is InChI=1S/C27H30O4/c1-17-9-5-7-11-19(17)24-25(20-12-8-6-10-18(20)2)31-27(30-24)15-22-21(16-29-27)23(28)13-14-26(22,3)4/h5-12,16,22,24-25H,13-15H2,1-4H3/t22-,24+,25+/m1/s1. The minimum atomic E-state index is -1.19. The van der Waals surface area contributed by atoms with E-state index in [2.05, 4.69) is 52.0 Å². The molecule has 3 aliphatic rings. The van der Waals surface area contributed by atoms with Gasteiger partial charge in [-0.1, -0.05) is 62.4 Å². The summed E-state index contributed by atoms with van der Waals surface area (Å²) in [6.45, 7) is 8.65. The molecule has 5 rings (SSSR count). The second kappa shape index (κ2) is 7.32. The molecular weight excluding hydrogens is 388 g/mol. The predicted molar refractivity (Wildman–Crippen MR) is 118 cm³/mol. The van der Waals surface area contributed by atoms with E-state index in [1.807, 2.05) is 24.3 Å². The second-order valence-corrected chi connectivity index (χ2v) is 9.83. The molecule has 31 heavy (non-hydrogen) atoms. The maximum absolute atomic E-state index is 12.6. The van der Waals surface area contributed by atoms with Gasteiger partial charge < -0.3 is 14.2 Å². The van der Waals surface area contributed by atoms with Gasteiger partial charge in [0.25, 0.3) is 0 Å².